The number of carbonyl (C=O) groups excluding carboxylic acids is 1. The highest BCUT2D eigenvalue weighted by molar-refractivity contribution is 5.96. The molecule has 19 heavy (non-hydrogen) atoms. The van der Waals surface area contributed by atoms with Crippen molar-refractivity contribution in [2.24, 2.45) is 0 Å². The Morgan fingerprint density at radius 1 is 1.58 bits per heavy atom. The second kappa shape index (κ2) is 5.46. The molecular weight excluding hydrogens is 248 g/mol. The third-order valence-corrected chi connectivity index (χ3v) is 2.97. The van der Waals surface area contributed by atoms with Gasteiger partial charge in [0.05, 0.1) is 22.2 Å². The van der Waals surface area contributed by atoms with Gasteiger partial charge in [-0.1, -0.05) is 0 Å². The van der Waals surface area contributed by atoms with Crippen LogP contribution in [0.15, 0.2) is 18.2 Å². The smallest absolute Gasteiger partial charge is 0.270 e. The molecule has 0 aromatic heterocycles. The van der Waals surface area contributed by atoms with Gasteiger partial charge in [-0.15, -0.1) is 0 Å². The minimum absolute atomic E-state index is 0.0838. The van der Waals surface area contributed by atoms with E-state index in [-0.39, 0.29) is 23.2 Å². The van der Waals surface area contributed by atoms with Gasteiger partial charge in [0, 0.05) is 12.1 Å². The summed E-state index contributed by atoms with van der Waals surface area (Å²) in [7, 11) is 0. The van der Waals surface area contributed by atoms with E-state index in [0.29, 0.717) is 5.69 Å². The molecule has 1 aliphatic rings. The van der Waals surface area contributed by atoms with E-state index in [9.17, 15) is 14.9 Å². The number of anilines is 1. The normalized spacial score (nSPS) is 17.7. The topological polar surface area (TPSA) is 108 Å². The average Bonchev–Trinajstić information content (AvgIpc) is 2.92. The lowest BCUT2D eigenvalue weighted by Crippen LogP contribution is -2.35. The van der Waals surface area contributed by atoms with Crippen molar-refractivity contribution >= 4 is 17.3 Å². The number of nitriles is 1. The van der Waals surface area contributed by atoms with Crippen molar-refractivity contribution in [1.29, 1.82) is 5.26 Å². The molecule has 1 fully saturated rings. The number of hydrogen-bond donors (Lipinski definition) is 2. The van der Waals surface area contributed by atoms with Crippen molar-refractivity contribution in [3.05, 3.63) is 33.9 Å². The second-order valence-corrected chi connectivity index (χ2v) is 4.24. The lowest BCUT2D eigenvalue weighted by atomic mass is 10.1. The van der Waals surface area contributed by atoms with Crippen LogP contribution in [0.3, 0.4) is 0 Å². The monoisotopic (exact) mass is 260 g/mol. The van der Waals surface area contributed by atoms with E-state index in [0.717, 1.165) is 25.5 Å². The zero-order chi connectivity index (χ0) is 13.8. The van der Waals surface area contributed by atoms with E-state index in [4.69, 9.17) is 5.26 Å². The maximum atomic E-state index is 11.9. The second-order valence-electron chi connectivity index (χ2n) is 4.24. The van der Waals surface area contributed by atoms with Crippen LogP contribution >= 0.6 is 0 Å². The van der Waals surface area contributed by atoms with E-state index in [1.807, 2.05) is 6.07 Å². The Kier molecular flexibility index (Phi) is 3.73. The van der Waals surface area contributed by atoms with Crippen LogP contribution < -0.4 is 10.6 Å². The number of nitrogens with zero attached hydrogens (tertiary/aromatic N) is 2. The van der Waals surface area contributed by atoms with Crippen LogP contribution in [-0.4, -0.2) is 23.4 Å². The zero-order valence-corrected chi connectivity index (χ0v) is 10.0. The molecule has 7 nitrogen and oxygen atoms in total. The molecule has 0 bridgehead atoms. The maximum absolute atomic E-state index is 11.9. The zero-order valence-electron chi connectivity index (χ0n) is 10.0. The summed E-state index contributed by atoms with van der Waals surface area (Å²) in [6.45, 7) is 0.795. The molecule has 1 heterocycles. The first kappa shape index (κ1) is 13.0. The summed E-state index contributed by atoms with van der Waals surface area (Å²) in [5.41, 5.74) is 0.209. The first-order valence-electron chi connectivity index (χ1n) is 5.84. The fourth-order valence-electron chi connectivity index (χ4n) is 1.98. The van der Waals surface area contributed by atoms with Crippen molar-refractivity contribution < 1.29 is 9.72 Å². The van der Waals surface area contributed by atoms with Crippen molar-refractivity contribution in [3.63, 3.8) is 0 Å². The van der Waals surface area contributed by atoms with E-state index in [1.165, 1.54) is 12.1 Å². The summed E-state index contributed by atoms with van der Waals surface area (Å²) in [6.07, 6.45) is 1.68. The van der Waals surface area contributed by atoms with Gasteiger partial charge in [0.1, 0.15) is 6.07 Å². The molecular formula is C12H12N4O3. The van der Waals surface area contributed by atoms with Gasteiger partial charge in [-0.25, -0.2) is 0 Å². The predicted molar refractivity (Wildman–Crippen MR) is 67.5 cm³/mol. The summed E-state index contributed by atoms with van der Waals surface area (Å²) in [4.78, 5) is 21.9. The highest BCUT2D eigenvalue weighted by atomic mass is 16.6. The molecule has 0 spiro atoms. The molecule has 2 rings (SSSR count). The van der Waals surface area contributed by atoms with E-state index in [2.05, 4.69) is 10.6 Å². The van der Waals surface area contributed by atoms with Gasteiger partial charge < -0.3 is 10.6 Å². The van der Waals surface area contributed by atoms with Gasteiger partial charge in [0.25, 0.3) is 5.69 Å². The molecule has 0 radical (unpaired) electrons. The summed E-state index contributed by atoms with van der Waals surface area (Å²) in [5.74, 6) is -0.220. The molecule has 1 aliphatic heterocycles. The number of amides is 1. The lowest BCUT2D eigenvalue weighted by molar-refractivity contribution is -0.384. The molecule has 7 heteroatoms. The summed E-state index contributed by atoms with van der Waals surface area (Å²) < 4.78 is 0. The molecule has 0 saturated carbocycles. The predicted octanol–water partition coefficient (Wildman–Crippen LogP) is 1.16. The minimum atomic E-state index is -0.578. The summed E-state index contributed by atoms with van der Waals surface area (Å²) in [6, 6.07) is 5.38. The van der Waals surface area contributed by atoms with Crippen LogP contribution in [0.1, 0.15) is 18.4 Å². The molecule has 1 atom stereocenters. The van der Waals surface area contributed by atoms with Crippen LogP contribution in [0.5, 0.6) is 0 Å². The van der Waals surface area contributed by atoms with E-state index >= 15 is 0 Å². The van der Waals surface area contributed by atoms with Crippen LogP contribution in [0.2, 0.25) is 0 Å². The van der Waals surface area contributed by atoms with Crippen molar-refractivity contribution in [2.75, 3.05) is 11.9 Å². The number of rotatable bonds is 3. The van der Waals surface area contributed by atoms with Crippen molar-refractivity contribution in [1.82, 2.24) is 5.32 Å². The SMILES string of the molecule is N#Cc1cc([N+](=O)[O-])ccc1NC(=O)C1CCCN1. The number of benzene rings is 1. The Morgan fingerprint density at radius 2 is 2.37 bits per heavy atom. The molecule has 98 valence electrons. The van der Waals surface area contributed by atoms with Crippen molar-refractivity contribution in [3.8, 4) is 6.07 Å². The van der Waals surface area contributed by atoms with E-state index in [1.54, 1.807) is 0 Å². The summed E-state index contributed by atoms with van der Waals surface area (Å²) in [5, 5.41) is 25.2. The first-order chi connectivity index (χ1) is 9.11. The largest absolute Gasteiger partial charge is 0.324 e. The number of carbonyl (C=O) groups is 1. The fraction of sp³-hybridized carbons (Fsp3) is 0.333. The Balaban J connectivity index is 2.18. The standard InChI is InChI=1S/C12H12N4O3/c13-7-8-6-9(16(18)19)3-4-10(8)15-12(17)11-2-1-5-14-11/h3-4,6,11,14H,1-2,5H2,(H,15,17). The molecule has 0 aliphatic carbocycles. The van der Waals surface area contributed by atoms with Gasteiger partial charge >= 0.3 is 0 Å². The van der Waals surface area contributed by atoms with Crippen LogP contribution in [0.4, 0.5) is 11.4 Å². The quantitative estimate of drug-likeness (QED) is 0.626. The van der Waals surface area contributed by atoms with Crippen LogP contribution in [-0.2, 0) is 4.79 Å². The Morgan fingerprint density at radius 3 is 2.95 bits per heavy atom. The third kappa shape index (κ3) is 2.86. The highest BCUT2D eigenvalue weighted by Crippen LogP contribution is 2.22. The van der Waals surface area contributed by atoms with Crippen LogP contribution in [0, 0.1) is 21.4 Å². The number of nitro benzene ring substituents is 1. The third-order valence-electron chi connectivity index (χ3n) is 2.97. The Hall–Kier alpha value is -2.46. The summed E-state index contributed by atoms with van der Waals surface area (Å²) >= 11 is 0. The van der Waals surface area contributed by atoms with Gasteiger partial charge in [-0.2, -0.15) is 5.26 Å². The Bertz CT molecular complexity index is 559. The fourth-order valence-corrected chi connectivity index (χ4v) is 1.98. The average molecular weight is 260 g/mol. The Labute approximate surface area is 109 Å². The van der Waals surface area contributed by atoms with Crippen molar-refractivity contribution in [2.45, 2.75) is 18.9 Å². The van der Waals surface area contributed by atoms with Gasteiger partial charge in [-0.3, -0.25) is 14.9 Å². The maximum Gasteiger partial charge on any atom is 0.270 e. The number of nitro groups is 1. The van der Waals surface area contributed by atoms with Gasteiger partial charge in [-0.05, 0) is 25.5 Å². The molecule has 1 amide bonds. The molecule has 2 N–H and O–H groups in total. The molecule has 1 aromatic rings. The highest BCUT2D eigenvalue weighted by Gasteiger charge is 2.23. The molecule has 1 saturated heterocycles. The first-order valence-corrected chi connectivity index (χ1v) is 5.84. The minimum Gasteiger partial charge on any atom is -0.324 e. The van der Waals surface area contributed by atoms with Gasteiger partial charge in [0.15, 0.2) is 0 Å². The number of nitrogens with one attached hydrogen (secondary N) is 2. The number of hydrogen-bond acceptors (Lipinski definition) is 5. The molecule has 1 aromatic carbocycles. The molecule has 1 unspecified atom stereocenters. The van der Waals surface area contributed by atoms with Crippen LogP contribution in [0.25, 0.3) is 0 Å². The van der Waals surface area contributed by atoms with Gasteiger partial charge in [0.2, 0.25) is 5.91 Å². The lowest BCUT2D eigenvalue weighted by Gasteiger charge is -2.11. The van der Waals surface area contributed by atoms with E-state index < -0.39 is 4.92 Å². The number of non-ortho nitro benzene ring substituents is 1.